The molecule has 26 heavy (non-hydrogen) atoms. The summed E-state index contributed by atoms with van der Waals surface area (Å²) in [6.07, 6.45) is 4.06. The van der Waals surface area contributed by atoms with E-state index in [-0.39, 0.29) is 6.04 Å². The third-order valence-corrected chi connectivity index (χ3v) is 7.06. The van der Waals surface area contributed by atoms with Gasteiger partial charge in [-0.3, -0.25) is 0 Å². The first kappa shape index (κ1) is 15.9. The first-order valence-corrected chi connectivity index (χ1v) is 9.74. The van der Waals surface area contributed by atoms with E-state index in [1.807, 2.05) is 12.1 Å². The van der Waals surface area contributed by atoms with Gasteiger partial charge in [0.2, 0.25) is 0 Å². The molecule has 3 nitrogen and oxygen atoms in total. The van der Waals surface area contributed by atoms with Gasteiger partial charge in [-0.1, -0.05) is 18.2 Å². The second kappa shape index (κ2) is 5.60. The summed E-state index contributed by atoms with van der Waals surface area (Å²) in [5, 5.41) is 13.1. The third-order valence-electron chi connectivity index (χ3n) is 7.06. The number of anilines is 1. The van der Waals surface area contributed by atoms with Crippen molar-refractivity contribution < 1.29 is 9.90 Å². The minimum atomic E-state index is -0.859. The van der Waals surface area contributed by atoms with E-state index in [1.54, 1.807) is 17.7 Å². The van der Waals surface area contributed by atoms with Crippen LogP contribution in [0.4, 0.5) is 5.69 Å². The lowest BCUT2D eigenvalue weighted by molar-refractivity contribution is 0.0697. The van der Waals surface area contributed by atoms with Gasteiger partial charge in [-0.05, 0) is 97.2 Å². The number of carbonyl (C=O) groups is 1. The van der Waals surface area contributed by atoms with Gasteiger partial charge in [-0.15, -0.1) is 0 Å². The van der Waals surface area contributed by atoms with Crippen LogP contribution in [0.5, 0.6) is 0 Å². The Bertz CT molecular complexity index is 886. The fourth-order valence-electron chi connectivity index (χ4n) is 6.19. The largest absolute Gasteiger partial charge is 0.478 e. The van der Waals surface area contributed by atoms with Gasteiger partial charge in [0, 0.05) is 5.69 Å². The molecule has 0 spiro atoms. The molecule has 0 radical (unpaired) electrons. The normalized spacial score (nSPS) is 31.2. The summed E-state index contributed by atoms with van der Waals surface area (Å²) < 4.78 is 0. The van der Waals surface area contributed by atoms with Crippen molar-refractivity contribution in [3.05, 3.63) is 64.2 Å². The molecule has 2 N–H and O–H groups in total. The lowest BCUT2D eigenvalue weighted by atomic mass is 9.67. The maximum absolute atomic E-state index is 11.2. The second-order valence-electron chi connectivity index (χ2n) is 8.53. The summed E-state index contributed by atoms with van der Waals surface area (Å²) in [7, 11) is 0. The zero-order chi connectivity index (χ0) is 18.0. The third kappa shape index (κ3) is 2.22. The number of fused-ring (bicyclic) bond motifs is 7. The SMILES string of the molecule is Cc1cc(C)c2c(c1)N[C@H](c1ccc(C(=O)O)cc1)[C@H]1[C@H]3CC[C@@H](C3)[C@H]21. The highest BCUT2D eigenvalue weighted by Gasteiger charge is 2.54. The number of hydrogen-bond acceptors (Lipinski definition) is 2. The van der Waals surface area contributed by atoms with Crippen molar-refractivity contribution >= 4 is 11.7 Å². The van der Waals surface area contributed by atoms with E-state index in [4.69, 9.17) is 0 Å². The van der Waals surface area contributed by atoms with Gasteiger partial charge in [0.25, 0.3) is 0 Å². The van der Waals surface area contributed by atoms with E-state index in [9.17, 15) is 9.90 Å². The number of carboxylic acid groups (broad SMARTS) is 1. The Kier molecular flexibility index (Phi) is 3.43. The van der Waals surface area contributed by atoms with Crippen molar-refractivity contribution in [2.24, 2.45) is 17.8 Å². The smallest absolute Gasteiger partial charge is 0.335 e. The second-order valence-corrected chi connectivity index (χ2v) is 8.53. The summed E-state index contributed by atoms with van der Waals surface area (Å²) in [5.41, 5.74) is 7.16. The molecule has 2 aliphatic carbocycles. The average Bonchev–Trinajstić information content (AvgIpc) is 3.22. The number of rotatable bonds is 2. The minimum absolute atomic E-state index is 0.284. The Morgan fingerprint density at radius 2 is 1.81 bits per heavy atom. The monoisotopic (exact) mass is 347 g/mol. The van der Waals surface area contributed by atoms with Gasteiger partial charge >= 0.3 is 5.97 Å². The molecule has 2 saturated carbocycles. The van der Waals surface area contributed by atoms with E-state index in [0.717, 1.165) is 11.8 Å². The zero-order valence-electron chi connectivity index (χ0n) is 15.3. The molecule has 2 aromatic carbocycles. The van der Waals surface area contributed by atoms with E-state index < -0.39 is 5.97 Å². The van der Waals surface area contributed by atoms with Crippen molar-refractivity contribution in [3.63, 3.8) is 0 Å². The number of aryl methyl sites for hydroxylation is 2. The van der Waals surface area contributed by atoms with Gasteiger partial charge in [0.05, 0.1) is 11.6 Å². The fourth-order valence-corrected chi connectivity index (χ4v) is 6.19. The molecule has 0 amide bonds. The number of hydrogen-bond donors (Lipinski definition) is 2. The van der Waals surface area contributed by atoms with Crippen LogP contribution in [0.3, 0.4) is 0 Å². The molecule has 134 valence electrons. The maximum Gasteiger partial charge on any atom is 0.335 e. The fraction of sp³-hybridized carbons (Fsp3) is 0.435. The van der Waals surface area contributed by atoms with Crippen LogP contribution in [-0.4, -0.2) is 11.1 Å². The van der Waals surface area contributed by atoms with E-state index in [0.29, 0.717) is 17.4 Å². The Hall–Kier alpha value is -2.29. The van der Waals surface area contributed by atoms with Gasteiger partial charge in [-0.25, -0.2) is 4.79 Å². The van der Waals surface area contributed by atoms with Crippen LogP contribution in [0.1, 0.15) is 63.8 Å². The van der Waals surface area contributed by atoms with E-state index in [1.165, 1.54) is 41.6 Å². The number of aromatic carboxylic acids is 1. The van der Waals surface area contributed by atoms with Gasteiger partial charge in [0.1, 0.15) is 0 Å². The highest BCUT2D eigenvalue weighted by Crippen LogP contribution is 2.64. The molecule has 1 aliphatic heterocycles. The predicted molar refractivity (Wildman–Crippen MR) is 103 cm³/mol. The van der Waals surface area contributed by atoms with Crippen LogP contribution in [-0.2, 0) is 0 Å². The van der Waals surface area contributed by atoms with E-state index >= 15 is 0 Å². The minimum Gasteiger partial charge on any atom is -0.478 e. The first-order valence-electron chi connectivity index (χ1n) is 9.74. The van der Waals surface area contributed by atoms with Gasteiger partial charge < -0.3 is 10.4 Å². The molecule has 2 bridgehead atoms. The van der Waals surface area contributed by atoms with Crippen LogP contribution in [0.25, 0.3) is 0 Å². The van der Waals surface area contributed by atoms with Crippen molar-refractivity contribution in [1.82, 2.24) is 0 Å². The number of nitrogens with one attached hydrogen (secondary N) is 1. The van der Waals surface area contributed by atoms with Crippen LogP contribution in [0.15, 0.2) is 36.4 Å². The molecule has 0 aromatic heterocycles. The molecule has 5 atom stereocenters. The Balaban J connectivity index is 1.61. The highest BCUT2D eigenvalue weighted by atomic mass is 16.4. The molecule has 1 heterocycles. The average molecular weight is 347 g/mol. The molecular weight excluding hydrogens is 322 g/mol. The Labute approximate surface area is 154 Å². The Morgan fingerprint density at radius 1 is 1.08 bits per heavy atom. The van der Waals surface area contributed by atoms with Gasteiger partial charge in [0.15, 0.2) is 0 Å². The van der Waals surface area contributed by atoms with Gasteiger partial charge in [-0.2, -0.15) is 0 Å². The lowest BCUT2D eigenvalue weighted by Gasteiger charge is -2.44. The Morgan fingerprint density at radius 3 is 2.54 bits per heavy atom. The number of carboxylic acids is 1. The van der Waals surface area contributed by atoms with Crippen molar-refractivity contribution in [2.75, 3.05) is 5.32 Å². The standard InChI is InChI=1S/C23H25NO2/c1-12-9-13(2)19-18(10-12)24-22(14-3-5-15(6-4-14)23(25)26)21-17-8-7-16(11-17)20(19)21/h3-6,9-10,16-17,20-22,24H,7-8,11H2,1-2H3,(H,25,26)/t16-,17-,20+,21-,22+/m0/s1. The van der Waals surface area contributed by atoms with E-state index in [2.05, 4.69) is 31.3 Å². The molecule has 3 heteroatoms. The molecule has 2 aromatic rings. The summed E-state index contributed by atoms with van der Waals surface area (Å²) >= 11 is 0. The topological polar surface area (TPSA) is 49.3 Å². The van der Waals surface area contributed by atoms with Crippen molar-refractivity contribution in [3.8, 4) is 0 Å². The van der Waals surface area contributed by atoms with Crippen molar-refractivity contribution in [1.29, 1.82) is 0 Å². The van der Waals surface area contributed by atoms with Crippen LogP contribution < -0.4 is 5.32 Å². The van der Waals surface area contributed by atoms with Crippen LogP contribution in [0.2, 0.25) is 0 Å². The molecule has 2 fully saturated rings. The predicted octanol–water partition coefficient (Wildman–Crippen LogP) is 5.30. The quantitative estimate of drug-likeness (QED) is 0.775. The summed E-state index contributed by atoms with van der Waals surface area (Å²) in [6.45, 7) is 4.43. The summed E-state index contributed by atoms with van der Waals surface area (Å²) in [4.78, 5) is 11.2. The first-order chi connectivity index (χ1) is 12.5. The number of benzene rings is 2. The molecule has 3 aliphatic rings. The molecule has 0 saturated heterocycles. The zero-order valence-corrected chi connectivity index (χ0v) is 15.3. The maximum atomic E-state index is 11.2. The molecular formula is C23H25NO2. The van der Waals surface area contributed by atoms with Crippen LogP contribution in [0, 0.1) is 31.6 Å². The molecule has 0 unspecified atom stereocenters. The summed E-state index contributed by atoms with van der Waals surface area (Å²) in [6, 6.07) is 12.4. The summed E-state index contributed by atoms with van der Waals surface area (Å²) in [5.74, 6) is 2.01. The lowest BCUT2D eigenvalue weighted by Crippen LogP contribution is -2.36. The molecule has 5 rings (SSSR count). The van der Waals surface area contributed by atoms with Crippen molar-refractivity contribution in [2.45, 2.75) is 45.1 Å². The van der Waals surface area contributed by atoms with Crippen LogP contribution >= 0.6 is 0 Å². The highest BCUT2D eigenvalue weighted by molar-refractivity contribution is 5.87.